The number of para-hydroxylation sites is 1. The van der Waals surface area contributed by atoms with E-state index in [2.05, 4.69) is 41.5 Å². The molecular formula is C30H28O4S. The van der Waals surface area contributed by atoms with Crippen molar-refractivity contribution in [3.05, 3.63) is 83.2 Å². The van der Waals surface area contributed by atoms with Gasteiger partial charge in [-0.1, -0.05) is 49.2 Å². The van der Waals surface area contributed by atoms with Crippen molar-refractivity contribution in [3.63, 3.8) is 0 Å². The molecule has 0 saturated heterocycles. The standard InChI is InChI=1S/C30H28O4S/c1-4-8-24(23(5-2)30(31)32)21-12-14-22(15-13-21)34-18-20-11-16-29-26(17-20)27(19-35-29)25-9-6-7-10-28(25)33-3/h6-7,9-17,19,23-24H,5,18H2,1-3H3,(H,31,32)/t23?,24-/m1/s1. The van der Waals surface area contributed by atoms with E-state index in [1.165, 1.54) is 10.1 Å². The van der Waals surface area contributed by atoms with Crippen LogP contribution in [-0.4, -0.2) is 18.2 Å². The van der Waals surface area contributed by atoms with Crippen LogP contribution >= 0.6 is 11.3 Å². The minimum atomic E-state index is -0.822. The van der Waals surface area contributed by atoms with E-state index in [-0.39, 0.29) is 5.92 Å². The molecule has 0 aliphatic rings. The lowest BCUT2D eigenvalue weighted by Crippen LogP contribution is -2.20. The summed E-state index contributed by atoms with van der Waals surface area (Å²) in [5.74, 6) is 5.84. The maximum atomic E-state index is 11.7. The van der Waals surface area contributed by atoms with E-state index in [0.29, 0.717) is 13.0 Å². The van der Waals surface area contributed by atoms with Gasteiger partial charge in [0.05, 0.1) is 18.9 Å². The maximum absolute atomic E-state index is 11.7. The average molecular weight is 485 g/mol. The summed E-state index contributed by atoms with van der Waals surface area (Å²) in [5.41, 5.74) is 4.19. The molecule has 0 aliphatic heterocycles. The van der Waals surface area contributed by atoms with Crippen LogP contribution in [0, 0.1) is 17.8 Å². The first kappa shape index (κ1) is 24.4. The van der Waals surface area contributed by atoms with Crippen molar-refractivity contribution in [1.29, 1.82) is 0 Å². The fourth-order valence-corrected chi connectivity index (χ4v) is 5.25. The van der Waals surface area contributed by atoms with Gasteiger partial charge in [0, 0.05) is 21.2 Å². The number of hydrogen-bond donors (Lipinski definition) is 1. The zero-order chi connectivity index (χ0) is 24.8. The summed E-state index contributed by atoms with van der Waals surface area (Å²) in [7, 11) is 1.69. The molecule has 3 aromatic carbocycles. The van der Waals surface area contributed by atoms with Crippen molar-refractivity contribution in [1.82, 2.24) is 0 Å². The molecule has 0 aliphatic carbocycles. The predicted molar refractivity (Wildman–Crippen MR) is 142 cm³/mol. The minimum absolute atomic E-state index is 0.342. The van der Waals surface area contributed by atoms with E-state index in [0.717, 1.165) is 33.8 Å². The number of carboxylic acids is 1. The van der Waals surface area contributed by atoms with Crippen LogP contribution in [-0.2, 0) is 11.4 Å². The van der Waals surface area contributed by atoms with Gasteiger partial charge in [-0.25, -0.2) is 0 Å². The lowest BCUT2D eigenvalue weighted by molar-refractivity contribution is -0.142. The summed E-state index contributed by atoms with van der Waals surface area (Å²) < 4.78 is 12.8. The van der Waals surface area contributed by atoms with E-state index in [9.17, 15) is 9.90 Å². The molecule has 1 aromatic heterocycles. The molecule has 0 radical (unpaired) electrons. The van der Waals surface area contributed by atoms with E-state index < -0.39 is 11.9 Å². The van der Waals surface area contributed by atoms with Crippen LogP contribution in [0.5, 0.6) is 11.5 Å². The van der Waals surface area contributed by atoms with E-state index in [4.69, 9.17) is 9.47 Å². The molecule has 35 heavy (non-hydrogen) atoms. The van der Waals surface area contributed by atoms with Gasteiger partial charge in [0.25, 0.3) is 0 Å². The summed E-state index contributed by atoms with van der Waals surface area (Å²) in [4.78, 5) is 11.7. The van der Waals surface area contributed by atoms with Crippen LogP contribution in [0.15, 0.2) is 72.1 Å². The number of aliphatic carboxylic acids is 1. The molecule has 1 heterocycles. The van der Waals surface area contributed by atoms with Crippen molar-refractivity contribution in [2.75, 3.05) is 7.11 Å². The minimum Gasteiger partial charge on any atom is -0.496 e. The molecule has 0 saturated carbocycles. The number of benzene rings is 3. The van der Waals surface area contributed by atoms with Crippen molar-refractivity contribution in [2.24, 2.45) is 5.92 Å². The predicted octanol–water partition coefficient (Wildman–Crippen LogP) is 7.37. The highest BCUT2D eigenvalue weighted by molar-refractivity contribution is 7.17. The normalized spacial score (nSPS) is 12.4. The Kier molecular flexibility index (Phi) is 7.74. The lowest BCUT2D eigenvalue weighted by atomic mass is 9.84. The van der Waals surface area contributed by atoms with E-state index >= 15 is 0 Å². The Morgan fingerprint density at radius 3 is 2.51 bits per heavy atom. The summed E-state index contributed by atoms with van der Waals surface area (Å²) >= 11 is 1.72. The summed E-state index contributed by atoms with van der Waals surface area (Å²) in [6, 6.07) is 22.0. The van der Waals surface area contributed by atoms with Crippen LogP contribution in [0.4, 0.5) is 0 Å². The molecular weight excluding hydrogens is 456 g/mol. The maximum Gasteiger partial charge on any atom is 0.308 e. The molecule has 0 spiro atoms. The molecule has 5 heteroatoms. The van der Waals surface area contributed by atoms with Gasteiger partial charge < -0.3 is 14.6 Å². The summed E-state index contributed by atoms with van der Waals surface area (Å²) in [6.45, 7) is 4.05. The Bertz CT molecular complexity index is 1380. The molecule has 4 aromatic rings. The molecule has 0 fully saturated rings. The lowest BCUT2D eigenvalue weighted by Gasteiger charge is -2.18. The molecule has 0 bridgehead atoms. The van der Waals surface area contributed by atoms with E-state index in [1.807, 2.05) is 49.4 Å². The number of fused-ring (bicyclic) bond motifs is 1. The molecule has 4 rings (SSSR count). The second-order valence-corrected chi connectivity index (χ2v) is 9.17. The van der Waals surface area contributed by atoms with Crippen LogP contribution < -0.4 is 9.47 Å². The van der Waals surface area contributed by atoms with Crippen molar-refractivity contribution in [3.8, 4) is 34.5 Å². The average Bonchev–Trinajstić information content (AvgIpc) is 3.30. The first-order chi connectivity index (χ1) is 17.0. The third-order valence-corrected chi connectivity index (χ3v) is 7.10. The largest absolute Gasteiger partial charge is 0.496 e. The third-order valence-electron chi connectivity index (χ3n) is 6.14. The quantitative estimate of drug-likeness (QED) is 0.252. The monoisotopic (exact) mass is 484 g/mol. The summed E-state index contributed by atoms with van der Waals surface area (Å²) in [6.07, 6.45) is 0.523. The topological polar surface area (TPSA) is 55.8 Å². The highest BCUT2D eigenvalue weighted by atomic mass is 32.1. The van der Waals surface area contributed by atoms with Gasteiger partial charge in [-0.3, -0.25) is 4.79 Å². The second-order valence-electron chi connectivity index (χ2n) is 8.26. The zero-order valence-corrected chi connectivity index (χ0v) is 20.9. The fourth-order valence-electron chi connectivity index (χ4n) is 4.30. The van der Waals surface area contributed by atoms with Crippen LogP contribution in [0.1, 0.15) is 37.3 Å². The molecule has 4 nitrogen and oxygen atoms in total. The number of carbonyl (C=O) groups is 1. The zero-order valence-electron chi connectivity index (χ0n) is 20.1. The number of carboxylic acid groups (broad SMARTS) is 1. The fraction of sp³-hybridized carbons (Fsp3) is 0.233. The Morgan fingerprint density at radius 1 is 1.06 bits per heavy atom. The Balaban J connectivity index is 1.52. The van der Waals surface area contributed by atoms with Gasteiger partial charge in [-0.05, 0) is 60.2 Å². The van der Waals surface area contributed by atoms with Gasteiger partial charge in [0.1, 0.15) is 18.1 Å². The van der Waals surface area contributed by atoms with Crippen LogP contribution in [0.3, 0.4) is 0 Å². The number of thiophene rings is 1. The molecule has 178 valence electrons. The number of hydrogen-bond acceptors (Lipinski definition) is 4. The smallest absolute Gasteiger partial charge is 0.308 e. The SMILES string of the molecule is CC#C[C@H](c1ccc(OCc2ccc3scc(-c4ccccc4OC)c3c2)cc1)C(CC)C(=O)O. The Labute approximate surface area is 210 Å². The molecule has 1 N–H and O–H groups in total. The van der Waals surface area contributed by atoms with Crippen molar-refractivity contribution >= 4 is 27.4 Å². The van der Waals surface area contributed by atoms with Gasteiger partial charge >= 0.3 is 5.97 Å². The molecule has 1 unspecified atom stereocenters. The number of rotatable bonds is 9. The van der Waals surface area contributed by atoms with Crippen LogP contribution in [0.25, 0.3) is 21.2 Å². The Hall–Kier alpha value is -3.75. The van der Waals surface area contributed by atoms with E-state index in [1.54, 1.807) is 25.4 Å². The highest BCUT2D eigenvalue weighted by Gasteiger charge is 2.26. The van der Waals surface area contributed by atoms with Gasteiger partial charge in [0.15, 0.2) is 0 Å². The first-order valence-corrected chi connectivity index (χ1v) is 12.4. The molecule has 2 atom stereocenters. The molecule has 0 amide bonds. The van der Waals surface area contributed by atoms with Crippen molar-refractivity contribution in [2.45, 2.75) is 32.8 Å². The third kappa shape index (κ3) is 5.34. The van der Waals surface area contributed by atoms with Gasteiger partial charge in [-0.15, -0.1) is 17.3 Å². The van der Waals surface area contributed by atoms with Gasteiger partial charge in [0.2, 0.25) is 0 Å². The highest BCUT2D eigenvalue weighted by Crippen LogP contribution is 2.39. The second kappa shape index (κ2) is 11.1. The van der Waals surface area contributed by atoms with Gasteiger partial charge in [-0.2, -0.15) is 0 Å². The van der Waals surface area contributed by atoms with Crippen molar-refractivity contribution < 1.29 is 19.4 Å². The summed E-state index contributed by atoms with van der Waals surface area (Å²) in [5, 5.41) is 12.9. The number of ether oxygens (including phenoxy) is 2. The van der Waals surface area contributed by atoms with Crippen LogP contribution in [0.2, 0.25) is 0 Å². The first-order valence-electron chi connectivity index (χ1n) is 11.6. The Morgan fingerprint density at radius 2 is 1.83 bits per heavy atom. The number of methoxy groups -OCH3 is 1.